The molecule has 0 bridgehead atoms. The number of hydrogen-bond acceptors (Lipinski definition) is 1. The molecule has 1 saturated carbocycles. The molecule has 0 atom stereocenters. The Morgan fingerprint density at radius 2 is 1.72 bits per heavy atom. The molecule has 0 unspecified atom stereocenters. The maximum absolute atomic E-state index is 6.55. The van der Waals surface area contributed by atoms with Gasteiger partial charge in [0.15, 0.2) is 6.20 Å². The van der Waals surface area contributed by atoms with Gasteiger partial charge in [0, 0.05) is 22.4 Å². The highest BCUT2D eigenvalue weighted by molar-refractivity contribution is 6.17. The first-order chi connectivity index (χ1) is 17.3. The number of aryl methyl sites for hydroxylation is 2. The normalized spacial score (nSPS) is 17.4. The van der Waals surface area contributed by atoms with E-state index in [1.807, 2.05) is 0 Å². The lowest BCUT2D eigenvalue weighted by molar-refractivity contribution is -0.672. The first-order valence-electron chi connectivity index (χ1n) is 13.4. The third kappa shape index (κ3) is 3.13. The molecule has 2 heterocycles. The lowest BCUT2D eigenvalue weighted by atomic mass is 9.71. The average molecular weight is 473 g/mol. The Morgan fingerprint density at radius 3 is 2.53 bits per heavy atom. The summed E-state index contributed by atoms with van der Waals surface area (Å²) in [6.07, 6.45) is 9.87. The maximum Gasteiger partial charge on any atom is 0.221 e. The fraction of sp³-hybridized carbons (Fsp3) is 0.324. The van der Waals surface area contributed by atoms with Gasteiger partial charge in [-0.15, -0.1) is 0 Å². The molecule has 0 spiro atoms. The quantitative estimate of drug-likeness (QED) is 0.230. The van der Waals surface area contributed by atoms with Crippen molar-refractivity contribution in [2.75, 3.05) is 0 Å². The molecule has 0 N–H and O–H groups in total. The average Bonchev–Trinajstić information content (AvgIpc) is 3.41. The van der Waals surface area contributed by atoms with Crippen molar-refractivity contribution in [3.8, 4) is 0 Å². The zero-order chi connectivity index (χ0) is 24.8. The van der Waals surface area contributed by atoms with Crippen LogP contribution in [0.5, 0.6) is 0 Å². The van der Waals surface area contributed by atoms with E-state index in [9.17, 15) is 0 Å². The Balaban J connectivity index is 1.46. The highest BCUT2D eigenvalue weighted by Gasteiger charge is 2.33. The van der Waals surface area contributed by atoms with Crippen LogP contribution in [-0.2, 0) is 7.05 Å². The van der Waals surface area contributed by atoms with Gasteiger partial charge in [-0.1, -0.05) is 44.2 Å². The maximum atomic E-state index is 6.55. The Kier molecular flexibility index (Phi) is 4.59. The summed E-state index contributed by atoms with van der Waals surface area (Å²) in [5, 5.41) is 5.14. The zero-order valence-electron chi connectivity index (χ0n) is 22.0. The molecule has 180 valence electrons. The topological polar surface area (TPSA) is 17.0 Å². The van der Waals surface area contributed by atoms with E-state index in [1.54, 1.807) is 0 Å². The first kappa shape index (κ1) is 21.9. The molecule has 0 saturated heterocycles. The number of benzene rings is 3. The van der Waals surface area contributed by atoms with Gasteiger partial charge in [0.25, 0.3) is 0 Å². The summed E-state index contributed by atoms with van der Waals surface area (Å²) in [6, 6.07) is 18.0. The van der Waals surface area contributed by atoms with E-state index < -0.39 is 0 Å². The van der Waals surface area contributed by atoms with E-state index in [0.29, 0.717) is 11.3 Å². The lowest BCUT2D eigenvalue weighted by Gasteiger charge is -2.34. The molecule has 7 rings (SSSR count). The third-order valence-electron chi connectivity index (χ3n) is 9.11. The van der Waals surface area contributed by atoms with Crippen molar-refractivity contribution in [1.29, 1.82) is 0 Å². The van der Waals surface area contributed by atoms with Crippen LogP contribution >= 0.6 is 0 Å². The predicted octanol–water partition coefficient (Wildman–Crippen LogP) is 8.77. The number of para-hydroxylation sites is 1. The Bertz CT molecular complexity index is 1740. The van der Waals surface area contributed by atoms with Crippen LogP contribution in [0.4, 0.5) is 0 Å². The summed E-state index contributed by atoms with van der Waals surface area (Å²) in [6.45, 7) is 9.32. The van der Waals surface area contributed by atoms with Crippen molar-refractivity contribution in [3.63, 3.8) is 0 Å². The summed E-state index contributed by atoms with van der Waals surface area (Å²) in [4.78, 5) is 0. The molecule has 0 aliphatic heterocycles. The van der Waals surface area contributed by atoms with Gasteiger partial charge in [-0.05, 0) is 96.7 Å². The number of pyridine rings is 1. The van der Waals surface area contributed by atoms with E-state index in [-0.39, 0.29) is 0 Å². The molecule has 2 aromatic heterocycles. The summed E-state index contributed by atoms with van der Waals surface area (Å²) in [5.74, 6) is 0.663. The SMILES string of the molecule is Cc1cc2c(oc3ccccc32)c(C2=Cc3cc(C4CCC(C)(C)CC4)cc4cc[n+](C)c2c34)c1C. The van der Waals surface area contributed by atoms with Crippen molar-refractivity contribution >= 4 is 44.4 Å². The molecule has 2 aliphatic rings. The van der Waals surface area contributed by atoms with Gasteiger partial charge in [-0.25, -0.2) is 4.57 Å². The molecule has 3 aromatic carbocycles. The standard InChI is InChI=1S/C34H34NO/c1-20-16-27-26-8-6-7-9-29(26)36-33(27)30(21(20)2)28-19-25-18-24(22-10-13-34(3,4)14-11-22)17-23-12-15-35(5)32(28)31(23)25/h6-9,12,15-19,22H,10-11,13-14H2,1-5H3/q+1. The van der Waals surface area contributed by atoms with Crippen molar-refractivity contribution in [2.45, 2.75) is 59.3 Å². The molecule has 2 heteroatoms. The first-order valence-corrected chi connectivity index (χ1v) is 13.4. The van der Waals surface area contributed by atoms with Crippen molar-refractivity contribution < 1.29 is 8.98 Å². The predicted molar refractivity (Wildman–Crippen MR) is 150 cm³/mol. The number of furan rings is 1. The number of nitrogens with zero attached hydrogens (tertiary/aromatic N) is 1. The van der Waals surface area contributed by atoms with Crippen LogP contribution in [0, 0.1) is 19.3 Å². The minimum Gasteiger partial charge on any atom is -0.455 e. The van der Waals surface area contributed by atoms with Gasteiger partial charge in [-0.2, -0.15) is 0 Å². The van der Waals surface area contributed by atoms with E-state index in [4.69, 9.17) is 4.42 Å². The molecule has 36 heavy (non-hydrogen) atoms. The van der Waals surface area contributed by atoms with Crippen LogP contribution in [0.1, 0.15) is 79.0 Å². The van der Waals surface area contributed by atoms with Crippen LogP contribution < -0.4 is 4.57 Å². The fourth-order valence-corrected chi connectivity index (χ4v) is 6.79. The minimum absolute atomic E-state index is 0.485. The monoisotopic (exact) mass is 472 g/mol. The van der Waals surface area contributed by atoms with E-state index in [0.717, 1.165) is 11.2 Å². The Morgan fingerprint density at radius 1 is 0.944 bits per heavy atom. The number of hydrogen-bond donors (Lipinski definition) is 0. The summed E-state index contributed by atoms with van der Waals surface area (Å²) >= 11 is 0. The number of fused-ring (bicyclic) bond motifs is 3. The second kappa shape index (κ2) is 7.56. The molecule has 5 aromatic rings. The molecule has 1 fully saturated rings. The Hall–Kier alpha value is -3.39. The molecule has 2 nitrogen and oxygen atoms in total. The van der Waals surface area contributed by atoms with Crippen LogP contribution in [0.3, 0.4) is 0 Å². The summed E-state index contributed by atoms with van der Waals surface area (Å²) < 4.78 is 8.85. The van der Waals surface area contributed by atoms with Crippen LogP contribution in [0.2, 0.25) is 0 Å². The Labute approximate surface area is 213 Å². The number of aromatic nitrogens is 1. The van der Waals surface area contributed by atoms with E-state index >= 15 is 0 Å². The minimum atomic E-state index is 0.485. The van der Waals surface area contributed by atoms with Gasteiger partial charge in [0.1, 0.15) is 18.2 Å². The molecule has 0 amide bonds. The van der Waals surface area contributed by atoms with Crippen molar-refractivity contribution in [2.24, 2.45) is 12.5 Å². The van der Waals surface area contributed by atoms with Crippen molar-refractivity contribution in [3.05, 3.63) is 88.2 Å². The lowest BCUT2D eigenvalue weighted by Crippen LogP contribution is -2.32. The van der Waals surface area contributed by atoms with Gasteiger partial charge < -0.3 is 4.42 Å². The molecular formula is C34H34NO+. The van der Waals surface area contributed by atoms with Crippen LogP contribution in [0.25, 0.3) is 44.4 Å². The largest absolute Gasteiger partial charge is 0.455 e. The van der Waals surface area contributed by atoms with E-state index in [2.05, 4.69) is 100 Å². The van der Waals surface area contributed by atoms with Gasteiger partial charge >= 0.3 is 0 Å². The highest BCUT2D eigenvalue weighted by Crippen LogP contribution is 2.47. The summed E-state index contributed by atoms with van der Waals surface area (Å²) in [7, 11) is 2.18. The second-order valence-electron chi connectivity index (χ2n) is 12.0. The molecule has 2 aliphatic carbocycles. The van der Waals surface area contributed by atoms with Gasteiger partial charge in [0.2, 0.25) is 5.69 Å². The summed E-state index contributed by atoms with van der Waals surface area (Å²) in [5.41, 5.74) is 11.7. The fourth-order valence-electron chi connectivity index (χ4n) is 6.79. The molecular weight excluding hydrogens is 438 g/mol. The van der Waals surface area contributed by atoms with Crippen LogP contribution in [-0.4, -0.2) is 0 Å². The van der Waals surface area contributed by atoms with Crippen LogP contribution in [0.15, 0.2) is 59.1 Å². The van der Waals surface area contributed by atoms with Gasteiger partial charge in [-0.3, -0.25) is 0 Å². The van der Waals surface area contributed by atoms with Gasteiger partial charge in [0.05, 0.1) is 11.0 Å². The second-order valence-corrected chi connectivity index (χ2v) is 12.0. The highest BCUT2D eigenvalue weighted by atomic mass is 16.3. The number of rotatable bonds is 2. The smallest absolute Gasteiger partial charge is 0.221 e. The van der Waals surface area contributed by atoms with E-state index in [1.165, 1.54) is 86.3 Å². The molecule has 0 radical (unpaired) electrons. The van der Waals surface area contributed by atoms with Crippen molar-refractivity contribution in [1.82, 2.24) is 0 Å². The zero-order valence-corrected chi connectivity index (χ0v) is 22.0. The third-order valence-corrected chi connectivity index (χ3v) is 9.11.